The molecule has 3 amide bonds. The van der Waals surface area contributed by atoms with E-state index in [1.54, 1.807) is 0 Å². The van der Waals surface area contributed by atoms with Crippen LogP contribution in [-0.2, 0) is 4.79 Å². The number of carboxylic acid groups (broad SMARTS) is 1. The minimum Gasteiger partial charge on any atom is -0.480 e. The van der Waals surface area contributed by atoms with Gasteiger partial charge in [-0.2, -0.15) is 0 Å². The van der Waals surface area contributed by atoms with E-state index in [1.165, 1.54) is 24.3 Å². The number of carbonyl (C=O) groups is 3. The zero-order valence-electron chi connectivity index (χ0n) is 9.79. The van der Waals surface area contributed by atoms with E-state index in [9.17, 15) is 14.4 Å². The zero-order valence-corrected chi connectivity index (χ0v) is 9.79. The number of urea groups is 1. The fourth-order valence-corrected chi connectivity index (χ4v) is 1.27. The molecule has 1 atom stereocenters. The Kier molecular flexibility index (Phi) is 4.84. The Labute approximate surface area is 108 Å². The number of nitrogens with two attached hydrogens (primary N) is 1. The average Bonchev–Trinajstić information content (AvgIpc) is 2.35. The van der Waals surface area contributed by atoms with Gasteiger partial charge in [-0.3, -0.25) is 4.79 Å². The van der Waals surface area contributed by atoms with Crippen molar-refractivity contribution >= 4 is 23.6 Å². The first kappa shape index (κ1) is 14.5. The SMILES string of the molecule is NC(=O)Nc1ccc(C(=O)N[C@H](CO)C(=O)O)cc1. The van der Waals surface area contributed by atoms with Crippen molar-refractivity contribution in [3.8, 4) is 0 Å². The molecule has 0 aliphatic carbocycles. The molecule has 0 heterocycles. The van der Waals surface area contributed by atoms with Crippen LogP contribution in [0.1, 0.15) is 10.4 Å². The van der Waals surface area contributed by atoms with E-state index in [1.807, 2.05) is 0 Å². The maximum absolute atomic E-state index is 11.7. The Bertz CT molecular complexity index is 486. The quantitative estimate of drug-likeness (QED) is 0.482. The molecular weight excluding hydrogens is 254 g/mol. The van der Waals surface area contributed by atoms with Crippen molar-refractivity contribution in [1.82, 2.24) is 5.32 Å². The molecular formula is C11H13N3O5. The van der Waals surface area contributed by atoms with Crippen molar-refractivity contribution in [3.05, 3.63) is 29.8 Å². The van der Waals surface area contributed by atoms with Gasteiger partial charge in [-0.15, -0.1) is 0 Å². The average molecular weight is 267 g/mol. The number of hydrogen-bond donors (Lipinski definition) is 5. The fraction of sp³-hybridized carbons (Fsp3) is 0.182. The predicted octanol–water partition coefficient (Wildman–Crippen LogP) is -0.647. The maximum Gasteiger partial charge on any atom is 0.328 e. The third kappa shape index (κ3) is 4.28. The van der Waals surface area contributed by atoms with Crippen LogP contribution < -0.4 is 16.4 Å². The third-order valence-corrected chi connectivity index (χ3v) is 2.20. The molecule has 1 aromatic rings. The van der Waals surface area contributed by atoms with E-state index < -0.39 is 30.6 Å². The Morgan fingerprint density at radius 3 is 2.21 bits per heavy atom. The van der Waals surface area contributed by atoms with E-state index in [2.05, 4.69) is 10.6 Å². The number of hydrogen-bond acceptors (Lipinski definition) is 4. The zero-order chi connectivity index (χ0) is 14.4. The van der Waals surface area contributed by atoms with Crippen molar-refractivity contribution in [2.45, 2.75) is 6.04 Å². The van der Waals surface area contributed by atoms with Gasteiger partial charge in [0.1, 0.15) is 0 Å². The van der Waals surface area contributed by atoms with Gasteiger partial charge in [-0.1, -0.05) is 0 Å². The van der Waals surface area contributed by atoms with Crippen LogP contribution in [0.25, 0.3) is 0 Å². The van der Waals surface area contributed by atoms with Gasteiger partial charge in [-0.25, -0.2) is 9.59 Å². The molecule has 8 nitrogen and oxygen atoms in total. The first-order valence-electron chi connectivity index (χ1n) is 5.25. The number of benzene rings is 1. The number of amides is 3. The number of carbonyl (C=O) groups excluding carboxylic acids is 2. The maximum atomic E-state index is 11.7. The topological polar surface area (TPSA) is 142 Å². The summed E-state index contributed by atoms with van der Waals surface area (Å²) >= 11 is 0. The van der Waals surface area contributed by atoms with E-state index in [0.29, 0.717) is 5.69 Å². The molecule has 0 fully saturated rings. The molecule has 0 unspecified atom stereocenters. The number of aliphatic hydroxyl groups is 1. The summed E-state index contributed by atoms with van der Waals surface area (Å²) in [6.07, 6.45) is 0. The molecule has 1 aromatic carbocycles. The lowest BCUT2D eigenvalue weighted by molar-refractivity contribution is -0.140. The number of nitrogens with one attached hydrogen (secondary N) is 2. The van der Waals surface area contributed by atoms with E-state index >= 15 is 0 Å². The molecule has 1 rings (SSSR count). The van der Waals surface area contributed by atoms with Crippen LogP contribution in [-0.4, -0.2) is 40.8 Å². The summed E-state index contributed by atoms with van der Waals surface area (Å²) < 4.78 is 0. The predicted molar refractivity (Wildman–Crippen MR) is 65.6 cm³/mol. The Morgan fingerprint density at radius 2 is 1.79 bits per heavy atom. The van der Waals surface area contributed by atoms with Crippen molar-refractivity contribution in [2.24, 2.45) is 5.73 Å². The smallest absolute Gasteiger partial charge is 0.328 e. The lowest BCUT2D eigenvalue weighted by atomic mass is 10.2. The molecule has 19 heavy (non-hydrogen) atoms. The molecule has 6 N–H and O–H groups in total. The summed E-state index contributed by atoms with van der Waals surface area (Å²) in [4.78, 5) is 32.9. The van der Waals surface area contributed by atoms with Crippen molar-refractivity contribution in [1.29, 1.82) is 0 Å². The van der Waals surface area contributed by atoms with Crippen molar-refractivity contribution in [3.63, 3.8) is 0 Å². The highest BCUT2D eigenvalue weighted by Crippen LogP contribution is 2.09. The van der Waals surface area contributed by atoms with Gasteiger partial charge in [0, 0.05) is 11.3 Å². The van der Waals surface area contributed by atoms with Crippen molar-refractivity contribution < 1.29 is 24.6 Å². The highest BCUT2D eigenvalue weighted by Gasteiger charge is 2.19. The summed E-state index contributed by atoms with van der Waals surface area (Å²) in [5.41, 5.74) is 5.51. The van der Waals surface area contributed by atoms with E-state index in [4.69, 9.17) is 15.9 Å². The second kappa shape index (κ2) is 6.36. The molecule has 102 valence electrons. The Morgan fingerprint density at radius 1 is 1.21 bits per heavy atom. The second-order valence-electron chi connectivity index (χ2n) is 3.61. The highest BCUT2D eigenvalue weighted by atomic mass is 16.4. The number of aliphatic hydroxyl groups excluding tert-OH is 1. The summed E-state index contributed by atoms with van der Waals surface area (Å²) in [5, 5.41) is 21.9. The van der Waals surface area contributed by atoms with Crippen LogP contribution in [0.4, 0.5) is 10.5 Å². The van der Waals surface area contributed by atoms with Gasteiger partial charge in [0.2, 0.25) is 0 Å². The van der Waals surface area contributed by atoms with Gasteiger partial charge in [0.25, 0.3) is 5.91 Å². The number of anilines is 1. The minimum absolute atomic E-state index is 0.190. The molecule has 8 heteroatoms. The second-order valence-corrected chi connectivity index (χ2v) is 3.61. The number of primary amides is 1. The normalized spacial score (nSPS) is 11.4. The number of rotatable bonds is 5. The molecule has 0 aliphatic heterocycles. The van der Waals surface area contributed by atoms with Crippen LogP contribution in [0.3, 0.4) is 0 Å². The van der Waals surface area contributed by atoms with Gasteiger partial charge in [-0.05, 0) is 24.3 Å². The lowest BCUT2D eigenvalue weighted by Crippen LogP contribution is -2.43. The molecule has 0 aromatic heterocycles. The van der Waals surface area contributed by atoms with Crippen molar-refractivity contribution in [2.75, 3.05) is 11.9 Å². The Hall–Kier alpha value is -2.61. The van der Waals surface area contributed by atoms with Gasteiger partial charge >= 0.3 is 12.0 Å². The fourth-order valence-electron chi connectivity index (χ4n) is 1.27. The lowest BCUT2D eigenvalue weighted by Gasteiger charge is -2.11. The molecule has 0 saturated heterocycles. The minimum atomic E-state index is -1.36. The summed E-state index contributed by atoms with van der Waals surface area (Å²) in [5.74, 6) is -1.98. The third-order valence-electron chi connectivity index (χ3n) is 2.20. The monoisotopic (exact) mass is 267 g/mol. The summed E-state index contributed by atoms with van der Waals surface area (Å²) in [6, 6.07) is 3.55. The van der Waals surface area contributed by atoms with Crippen LogP contribution >= 0.6 is 0 Å². The Balaban J connectivity index is 2.72. The van der Waals surface area contributed by atoms with E-state index in [0.717, 1.165) is 0 Å². The standard InChI is InChI=1S/C11H13N3O5/c12-11(19)13-7-3-1-6(2-4-7)9(16)14-8(5-15)10(17)18/h1-4,8,15H,5H2,(H,14,16)(H,17,18)(H3,12,13,19)/t8-/m1/s1. The summed E-state index contributed by atoms with van der Waals surface area (Å²) in [7, 11) is 0. The molecule has 0 radical (unpaired) electrons. The highest BCUT2D eigenvalue weighted by molar-refractivity contribution is 5.97. The van der Waals surface area contributed by atoms with Crippen LogP contribution in [0.15, 0.2) is 24.3 Å². The van der Waals surface area contributed by atoms with Crippen LogP contribution in [0.5, 0.6) is 0 Å². The van der Waals surface area contributed by atoms with Crippen LogP contribution in [0, 0.1) is 0 Å². The number of aliphatic carboxylic acids is 1. The number of carboxylic acids is 1. The molecule has 0 bridgehead atoms. The van der Waals surface area contributed by atoms with Gasteiger partial charge in [0.05, 0.1) is 6.61 Å². The first-order chi connectivity index (χ1) is 8.93. The largest absolute Gasteiger partial charge is 0.480 e. The van der Waals surface area contributed by atoms with E-state index in [-0.39, 0.29) is 5.56 Å². The molecule has 0 spiro atoms. The van der Waals surface area contributed by atoms with Gasteiger partial charge < -0.3 is 26.6 Å². The summed E-state index contributed by atoms with van der Waals surface area (Å²) in [6.45, 7) is -0.706. The molecule has 0 saturated carbocycles. The first-order valence-corrected chi connectivity index (χ1v) is 5.25. The van der Waals surface area contributed by atoms with Crippen LogP contribution in [0.2, 0.25) is 0 Å². The van der Waals surface area contributed by atoms with Gasteiger partial charge in [0.15, 0.2) is 6.04 Å². The molecule has 0 aliphatic rings.